The Kier molecular flexibility index (Phi) is 12.8. The second-order valence-electron chi connectivity index (χ2n) is 10.3. The van der Waals surface area contributed by atoms with Crippen molar-refractivity contribution in [2.75, 3.05) is 27.4 Å². The third-order valence-electron chi connectivity index (χ3n) is 5.92. The molecule has 4 atom stereocenters. The van der Waals surface area contributed by atoms with E-state index in [1.54, 1.807) is 52.0 Å². The van der Waals surface area contributed by atoms with Crippen LogP contribution in [0, 0.1) is 6.92 Å². The van der Waals surface area contributed by atoms with Gasteiger partial charge in [0, 0.05) is 12.0 Å². The normalized spacial score (nSPS) is 20.0. The van der Waals surface area contributed by atoms with Crippen LogP contribution in [-0.4, -0.2) is 95.1 Å². The molecule has 0 amide bonds. The lowest BCUT2D eigenvalue weighted by Gasteiger charge is -2.33. The molecule has 42 heavy (non-hydrogen) atoms. The van der Waals surface area contributed by atoms with Crippen molar-refractivity contribution in [2.24, 2.45) is 0 Å². The molecule has 1 saturated heterocycles. The van der Waals surface area contributed by atoms with Crippen LogP contribution in [0.25, 0.3) is 0 Å². The summed E-state index contributed by atoms with van der Waals surface area (Å²) >= 11 is 0. The van der Waals surface area contributed by atoms with Crippen LogP contribution in [0.3, 0.4) is 0 Å². The van der Waals surface area contributed by atoms with Gasteiger partial charge < -0.3 is 54.0 Å². The molecule has 0 spiro atoms. The number of benzene rings is 2. The predicted octanol–water partition coefficient (Wildman–Crippen LogP) is 1.82. The maximum atomic E-state index is 11.7. The summed E-state index contributed by atoms with van der Waals surface area (Å²) in [5.74, 6) is -0.127. The van der Waals surface area contributed by atoms with Crippen molar-refractivity contribution in [1.29, 1.82) is 0 Å². The zero-order chi connectivity index (χ0) is 31.6. The minimum atomic E-state index is -1.11. The lowest BCUT2D eigenvalue weighted by molar-refractivity contribution is -0.239. The summed E-state index contributed by atoms with van der Waals surface area (Å²) in [6.07, 6.45) is -4.11. The summed E-state index contributed by atoms with van der Waals surface area (Å²) in [6.45, 7) is 6.61. The summed E-state index contributed by atoms with van der Waals surface area (Å²) < 4.78 is 31.9. The summed E-state index contributed by atoms with van der Waals surface area (Å²) in [7, 11) is 2.87. The fraction of sp³-hybridized carbons (Fsp3) is 0.517. The van der Waals surface area contributed by atoms with Crippen LogP contribution < -0.4 is 18.9 Å². The second kappa shape index (κ2) is 15.6. The van der Waals surface area contributed by atoms with Gasteiger partial charge in [0.2, 0.25) is 5.75 Å². The molecule has 0 bridgehead atoms. The first kappa shape index (κ1) is 34.6. The molecule has 0 aromatic heterocycles. The number of aliphatic hydroxyl groups excluding tert-OH is 4. The highest BCUT2D eigenvalue weighted by Crippen LogP contribution is 2.42. The van der Waals surface area contributed by atoms with Gasteiger partial charge in [0.15, 0.2) is 24.4 Å². The highest BCUT2D eigenvalue weighted by atomic mass is 16.6. The molecule has 0 saturated carbocycles. The van der Waals surface area contributed by atoms with Gasteiger partial charge in [0.05, 0.1) is 32.5 Å². The van der Waals surface area contributed by atoms with Crippen LogP contribution in [0.15, 0.2) is 30.3 Å². The number of hydrogen-bond acceptors (Lipinski definition) is 12. The van der Waals surface area contributed by atoms with Crippen molar-refractivity contribution in [3.63, 3.8) is 0 Å². The maximum absolute atomic E-state index is 11.7. The van der Waals surface area contributed by atoms with Crippen LogP contribution in [0.1, 0.15) is 48.7 Å². The van der Waals surface area contributed by atoms with Crippen LogP contribution in [-0.2, 0) is 20.9 Å². The van der Waals surface area contributed by atoms with Gasteiger partial charge in [-0.3, -0.25) is 0 Å². The van der Waals surface area contributed by atoms with E-state index >= 15 is 0 Å². The molecule has 1 aliphatic heterocycles. The topological polar surface area (TPSA) is 191 Å². The van der Waals surface area contributed by atoms with E-state index in [4.69, 9.17) is 48.8 Å². The van der Waals surface area contributed by atoms with Gasteiger partial charge in [-0.15, -0.1) is 0 Å². The summed E-state index contributed by atoms with van der Waals surface area (Å²) in [5.41, 5.74) is 0.781. The molecule has 1 heterocycles. The van der Waals surface area contributed by atoms with E-state index in [0.717, 1.165) is 5.56 Å². The molecule has 0 unspecified atom stereocenters. The van der Waals surface area contributed by atoms with Gasteiger partial charge in [0.25, 0.3) is 0 Å². The van der Waals surface area contributed by atoms with Gasteiger partial charge in [-0.1, -0.05) is 12.1 Å². The fourth-order valence-electron chi connectivity index (χ4n) is 3.90. The number of carbonyl (C=O) groups excluding carboxylic acids is 1. The van der Waals surface area contributed by atoms with Crippen LogP contribution in [0.4, 0.5) is 0 Å². The third-order valence-corrected chi connectivity index (χ3v) is 5.92. The molecule has 234 valence electrons. The number of methoxy groups -OCH3 is 2. The zero-order valence-corrected chi connectivity index (χ0v) is 24.5. The van der Waals surface area contributed by atoms with Crippen LogP contribution in [0.5, 0.6) is 23.0 Å². The number of carbonyl (C=O) groups is 2. The number of ether oxygens (including phenoxy) is 6. The Morgan fingerprint density at radius 2 is 1.64 bits per heavy atom. The Balaban J connectivity index is 0.000000468. The number of rotatable bonds is 10. The van der Waals surface area contributed by atoms with E-state index in [1.165, 1.54) is 20.3 Å². The quantitative estimate of drug-likeness (QED) is 0.250. The first-order valence-corrected chi connectivity index (χ1v) is 13.1. The largest absolute Gasteiger partial charge is 0.493 e. The highest BCUT2D eigenvalue weighted by Gasteiger charge is 2.35. The Morgan fingerprint density at radius 1 is 1.00 bits per heavy atom. The van der Waals surface area contributed by atoms with Crippen molar-refractivity contribution in [2.45, 2.75) is 70.9 Å². The van der Waals surface area contributed by atoms with Crippen molar-refractivity contribution in [3.8, 4) is 23.0 Å². The Hall–Kier alpha value is -3.62. The molecule has 2 aromatic rings. The number of esters is 1. The molecule has 13 heteroatoms. The van der Waals surface area contributed by atoms with Gasteiger partial charge in [-0.05, 0) is 51.5 Å². The summed E-state index contributed by atoms with van der Waals surface area (Å²) in [6, 6.07) is 8.43. The molecule has 1 fully saturated rings. The second-order valence-corrected chi connectivity index (χ2v) is 10.3. The Labute approximate surface area is 244 Å². The number of carboxylic acids is 1. The van der Waals surface area contributed by atoms with Gasteiger partial charge in [-0.25, -0.2) is 9.59 Å². The summed E-state index contributed by atoms with van der Waals surface area (Å²) in [4.78, 5) is 23.2. The van der Waals surface area contributed by atoms with Crippen LogP contribution in [0.2, 0.25) is 0 Å². The molecular weight excluding hydrogens is 556 g/mol. The van der Waals surface area contributed by atoms with E-state index < -0.39 is 48.7 Å². The molecule has 5 N–H and O–H groups in total. The van der Waals surface area contributed by atoms with E-state index in [1.807, 2.05) is 0 Å². The van der Waals surface area contributed by atoms with E-state index in [9.17, 15) is 14.7 Å². The van der Waals surface area contributed by atoms with Gasteiger partial charge >= 0.3 is 11.9 Å². The molecule has 0 radical (unpaired) electrons. The minimum Gasteiger partial charge on any atom is -0.493 e. The van der Waals surface area contributed by atoms with Gasteiger partial charge in [0.1, 0.15) is 30.2 Å². The predicted molar refractivity (Wildman–Crippen MR) is 148 cm³/mol. The van der Waals surface area contributed by atoms with Crippen molar-refractivity contribution >= 4 is 11.9 Å². The number of aromatic carboxylic acids is 1. The molecule has 13 nitrogen and oxygen atoms in total. The standard InChI is InChI=1S/C23H28O8.C6H12O5/c1-14-17(22(25)26)11-18(27-5)21(20(14)28-6)30-12-15-7-9-16(10-8-15)29-13-19(24)31-23(2,3)4;7-2-4-6(10)3(8)1-5(9)11-4/h7-11H,12-13H2,1-6H3,(H,25,26);3-10H,1-2H2/t;3-,4-,5+,6+/m.1/s1. The Bertz CT molecular complexity index is 1170. The first-order valence-electron chi connectivity index (χ1n) is 13.1. The lowest BCUT2D eigenvalue weighted by Crippen LogP contribution is -2.49. The highest BCUT2D eigenvalue weighted by molar-refractivity contribution is 5.91. The van der Waals surface area contributed by atoms with E-state index in [2.05, 4.69) is 0 Å². The van der Waals surface area contributed by atoms with E-state index in [0.29, 0.717) is 22.8 Å². The third kappa shape index (κ3) is 10.0. The molecule has 1 aliphatic rings. The minimum absolute atomic E-state index is 0.0162. The number of carboxylic acid groups (broad SMARTS) is 1. The van der Waals surface area contributed by atoms with Crippen molar-refractivity contribution in [3.05, 3.63) is 47.0 Å². The van der Waals surface area contributed by atoms with E-state index in [-0.39, 0.29) is 30.9 Å². The first-order chi connectivity index (χ1) is 19.7. The molecular formula is C29H40O13. The molecule has 2 aromatic carbocycles. The summed E-state index contributed by atoms with van der Waals surface area (Å²) in [5, 5.41) is 45.0. The fourth-order valence-corrected chi connectivity index (χ4v) is 3.90. The zero-order valence-electron chi connectivity index (χ0n) is 24.5. The molecule has 3 rings (SSSR count). The average molecular weight is 597 g/mol. The number of hydrogen-bond donors (Lipinski definition) is 5. The van der Waals surface area contributed by atoms with Crippen LogP contribution >= 0.6 is 0 Å². The monoisotopic (exact) mass is 596 g/mol. The Morgan fingerprint density at radius 3 is 2.17 bits per heavy atom. The maximum Gasteiger partial charge on any atom is 0.344 e. The van der Waals surface area contributed by atoms with Crippen molar-refractivity contribution < 1.29 is 63.5 Å². The van der Waals surface area contributed by atoms with Crippen molar-refractivity contribution in [1.82, 2.24) is 0 Å². The molecule has 0 aliphatic carbocycles. The lowest BCUT2D eigenvalue weighted by atomic mass is 10.0. The van der Waals surface area contributed by atoms with Gasteiger partial charge in [-0.2, -0.15) is 0 Å². The SMILES string of the molecule is COc1cc(C(=O)O)c(C)c(OC)c1OCc1ccc(OCC(=O)OC(C)(C)C)cc1.OC[C@H]1O[C@H](O)C[C@@H](O)[C@@H]1O. The number of aliphatic hydroxyl groups is 4. The average Bonchev–Trinajstić information content (AvgIpc) is 2.92. The smallest absolute Gasteiger partial charge is 0.344 e.